The van der Waals surface area contributed by atoms with Crippen molar-refractivity contribution in [2.45, 2.75) is 38.9 Å². The Labute approximate surface area is 162 Å². The number of benzene rings is 2. The molecule has 0 saturated heterocycles. The minimum absolute atomic E-state index is 0.335. The first-order chi connectivity index (χ1) is 13.1. The number of hydrogen-bond donors (Lipinski definition) is 0. The highest BCUT2D eigenvalue weighted by atomic mass is 19.3. The van der Waals surface area contributed by atoms with Crippen LogP contribution in [-0.2, 0) is 22.1 Å². The van der Waals surface area contributed by atoms with E-state index in [9.17, 15) is 13.6 Å². The number of rotatable bonds is 5. The van der Waals surface area contributed by atoms with Gasteiger partial charge in [-0.2, -0.15) is 8.78 Å². The van der Waals surface area contributed by atoms with Crippen LogP contribution in [0.5, 0.6) is 5.75 Å². The van der Waals surface area contributed by atoms with E-state index in [-0.39, 0.29) is 0 Å². The average molecular weight is 385 g/mol. The molecule has 4 nitrogen and oxygen atoms in total. The summed E-state index contributed by atoms with van der Waals surface area (Å²) in [5.74, 6) is -4.89. The number of pyridine rings is 1. The van der Waals surface area contributed by atoms with Crippen LogP contribution in [-0.4, -0.2) is 16.6 Å². The summed E-state index contributed by atoms with van der Waals surface area (Å²) < 4.78 is 39.7. The molecule has 3 rings (SSSR count). The third-order valence-electron chi connectivity index (χ3n) is 3.92. The fraction of sp³-hybridized carbons (Fsp3) is 0.273. The molecule has 28 heavy (non-hydrogen) atoms. The normalized spacial score (nSPS) is 12.0. The van der Waals surface area contributed by atoms with Gasteiger partial charge in [0, 0.05) is 10.9 Å². The molecule has 3 aromatic rings. The molecule has 0 unspecified atom stereocenters. The molecule has 2 aromatic carbocycles. The lowest BCUT2D eigenvalue weighted by Crippen LogP contribution is -2.34. The van der Waals surface area contributed by atoms with Crippen LogP contribution >= 0.6 is 0 Å². The molecule has 1 heterocycles. The predicted octanol–water partition coefficient (Wildman–Crippen LogP) is 5.25. The number of carbonyl (C=O) groups is 1. The van der Waals surface area contributed by atoms with Crippen molar-refractivity contribution in [1.29, 1.82) is 0 Å². The summed E-state index contributed by atoms with van der Waals surface area (Å²) in [6.45, 7) is 4.96. The van der Waals surface area contributed by atoms with Crippen LogP contribution in [0.3, 0.4) is 0 Å². The van der Waals surface area contributed by atoms with E-state index in [1.165, 1.54) is 24.4 Å². The van der Waals surface area contributed by atoms with Gasteiger partial charge < -0.3 is 9.47 Å². The molecule has 0 saturated carbocycles. The summed E-state index contributed by atoms with van der Waals surface area (Å²) in [6, 6.07) is 15.1. The summed E-state index contributed by atoms with van der Waals surface area (Å²) in [5, 5.41) is 0.450. The van der Waals surface area contributed by atoms with E-state index < -0.39 is 23.1 Å². The Balaban J connectivity index is 1.84. The van der Waals surface area contributed by atoms with Gasteiger partial charge in [-0.15, -0.1) is 0 Å². The van der Waals surface area contributed by atoms with Crippen LogP contribution in [0.4, 0.5) is 8.78 Å². The molecule has 0 atom stereocenters. The maximum atomic E-state index is 14.6. The second-order valence-electron chi connectivity index (χ2n) is 7.43. The molecule has 0 aliphatic carbocycles. The smallest absolute Gasteiger partial charge is 0.382 e. The Bertz CT molecular complexity index is 982. The van der Waals surface area contributed by atoms with Gasteiger partial charge in [-0.3, -0.25) is 4.98 Å². The van der Waals surface area contributed by atoms with Crippen molar-refractivity contribution in [1.82, 2.24) is 4.98 Å². The van der Waals surface area contributed by atoms with Crippen LogP contribution in [0.15, 0.2) is 60.8 Å². The third kappa shape index (κ3) is 4.63. The summed E-state index contributed by atoms with van der Waals surface area (Å²) >= 11 is 0. The van der Waals surface area contributed by atoms with Gasteiger partial charge in [-0.25, -0.2) is 4.79 Å². The number of esters is 1. The molecule has 1 aromatic heterocycles. The molecule has 0 fully saturated rings. The lowest BCUT2D eigenvalue weighted by molar-refractivity contribution is -0.185. The van der Waals surface area contributed by atoms with Gasteiger partial charge in [0.15, 0.2) is 0 Å². The first kappa shape index (κ1) is 19.7. The van der Waals surface area contributed by atoms with Crippen molar-refractivity contribution >= 4 is 16.9 Å². The van der Waals surface area contributed by atoms with Gasteiger partial charge in [-0.1, -0.05) is 36.4 Å². The Morgan fingerprint density at radius 2 is 1.75 bits per heavy atom. The lowest BCUT2D eigenvalue weighted by Gasteiger charge is -2.23. The number of nitrogens with zero attached hydrogens (tertiary/aromatic N) is 1. The predicted molar refractivity (Wildman–Crippen MR) is 102 cm³/mol. The van der Waals surface area contributed by atoms with E-state index in [0.717, 1.165) is 5.56 Å². The van der Waals surface area contributed by atoms with Gasteiger partial charge in [0.05, 0.1) is 11.7 Å². The number of alkyl halides is 2. The number of ether oxygens (including phenoxy) is 2. The first-order valence-corrected chi connectivity index (χ1v) is 8.83. The standard InChI is InChI=1S/C22H21F2NO3/c1-21(2,3)28-20(26)22(23,24)17-9-10-19-16(11-17)12-18(13-25-19)27-14-15-7-5-4-6-8-15/h4-13H,14H2,1-3H3. The van der Waals surface area contributed by atoms with Crippen LogP contribution < -0.4 is 4.74 Å². The largest absolute Gasteiger partial charge is 0.487 e. The maximum absolute atomic E-state index is 14.6. The molecular formula is C22H21F2NO3. The Kier molecular flexibility index (Phi) is 5.31. The van der Waals surface area contributed by atoms with Crippen LogP contribution in [0.1, 0.15) is 31.9 Å². The van der Waals surface area contributed by atoms with Crippen molar-refractivity contribution in [2.24, 2.45) is 0 Å². The summed E-state index contributed by atoms with van der Waals surface area (Å²) in [6.07, 6.45) is 1.54. The number of hydrogen-bond acceptors (Lipinski definition) is 4. The van der Waals surface area contributed by atoms with Crippen LogP contribution in [0.2, 0.25) is 0 Å². The second kappa shape index (κ2) is 7.54. The Hall–Kier alpha value is -3.02. The molecule has 0 amide bonds. The molecule has 0 spiro atoms. The van der Waals surface area contributed by atoms with E-state index in [1.807, 2.05) is 30.3 Å². The van der Waals surface area contributed by atoms with Crippen molar-refractivity contribution in [2.75, 3.05) is 0 Å². The van der Waals surface area contributed by atoms with Crippen LogP contribution in [0.25, 0.3) is 10.9 Å². The highest BCUT2D eigenvalue weighted by Gasteiger charge is 2.44. The highest BCUT2D eigenvalue weighted by Crippen LogP contribution is 2.33. The average Bonchev–Trinajstić information content (AvgIpc) is 2.65. The zero-order valence-corrected chi connectivity index (χ0v) is 15.9. The van der Waals surface area contributed by atoms with Gasteiger partial charge in [0.2, 0.25) is 0 Å². The number of aromatic nitrogens is 1. The molecule has 0 N–H and O–H groups in total. The van der Waals surface area contributed by atoms with E-state index in [4.69, 9.17) is 9.47 Å². The van der Waals surface area contributed by atoms with Gasteiger partial charge in [-0.05, 0) is 44.5 Å². The fourth-order valence-electron chi connectivity index (χ4n) is 2.59. The monoisotopic (exact) mass is 385 g/mol. The van der Waals surface area contributed by atoms with Crippen molar-refractivity contribution in [3.63, 3.8) is 0 Å². The molecule has 0 aliphatic rings. The van der Waals surface area contributed by atoms with Gasteiger partial charge in [0.25, 0.3) is 0 Å². The maximum Gasteiger partial charge on any atom is 0.382 e. The van der Waals surface area contributed by atoms with Crippen LogP contribution in [0, 0.1) is 0 Å². The summed E-state index contributed by atoms with van der Waals surface area (Å²) in [5.41, 5.74) is 0.0528. The first-order valence-electron chi connectivity index (χ1n) is 8.83. The molecule has 0 bridgehead atoms. The minimum Gasteiger partial charge on any atom is -0.487 e. The molecule has 0 aliphatic heterocycles. The van der Waals surface area contributed by atoms with Crippen molar-refractivity contribution in [3.05, 3.63) is 71.9 Å². The zero-order chi connectivity index (χ0) is 20.4. The van der Waals surface area contributed by atoms with Gasteiger partial charge in [0.1, 0.15) is 18.0 Å². The quantitative estimate of drug-likeness (QED) is 0.563. The van der Waals surface area contributed by atoms with Crippen molar-refractivity contribution in [3.8, 4) is 5.75 Å². The van der Waals surface area contributed by atoms with E-state index in [0.29, 0.717) is 23.3 Å². The second-order valence-corrected chi connectivity index (χ2v) is 7.43. The Morgan fingerprint density at radius 3 is 2.43 bits per heavy atom. The SMILES string of the molecule is CC(C)(C)OC(=O)C(F)(F)c1ccc2ncc(OCc3ccccc3)cc2c1. The summed E-state index contributed by atoms with van der Waals surface area (Å²) in [7, 11) is 0. The van der Waals surface area contributed by atoms with E-state index in [1.54, 1.807) is 26.8 Å². The number of fused-ring (bicyclic) bond motifs is 1. The molecular weight excluding hydrogens is 364 g/mol. The van der Waals surface area contributed by atoms with E-state index >= 15 is 0 Å². The molecule has 6 heteroatoms. The highest BCUT2D eigenvalue weighted by molar-refractivity contribution is 5.85. The molecule has 146 valence electrons. The Morgan fingerprint density at radius 1 is 1.04 bits per heavy atom. The topological polar surface area (TPSA) is 48.4 Å². The fourth-order valence-corrected chi connectivity index (χ4v) is 2.59. The summed E-state index contributed by atoms with van der Waals surface area (Å²) in [4.78, 5) is 16.2. The van der Waals surface area contributed by atoms with Crippen molar-refractivity contribution < 1.29 is 23.0 Å². The minimum atomic E-state index is -3.76. The number of halogens is 2. The third-order valence-corrected chi connectivity index (χ3v) is 3.92. The zero-order valence-electron chi connectivity index (χ0n) is 15.9. The lowest BCUT2D eigenvalue weighted by atomic mass is 10.0. The molecule has 0 radical (unpaired) electrons. The number of carbonyl (C=O) groups excluding carboxylic acids is 1. The van der Waals surface area contributed by atoms with E-state index in [2.05, 4.69) is 4.98 Å². The van der Waals surface area contributed by atoms with Gasteiger partial charge >= 0.3 is 11.9 Å².